The molecule has 5 nitrogen and oxygen atoms in total. The topological polar surface area (TPSA) is 76.5 Å². The molecule has 0 fully saturated rings. The number of fused-ring (bicyclic) bond motifs is 1. The third-order valence-electron chi connectivity index (χ3n) is 5.30. The summed E-state index contributed by atoms with van der Waals surface area (Å²) in [7, 11) is 0. The average Bonchev–Trinajstić information content (AvgIpc) is 2.76. The highest BCUT2D eigenvalue weighted by molar-refractivity contribution is 6.05. The van der Waals surface area contributed by atoms with Crippen LogP contribution >= 0.6 is 0 Å². The number of halogens is 4. The Labute approximate surface area is 187 Å². The molecule has 33 heavy (non-hydrogen) atoms. The van der Waals surface area contributed by atoms with Crippen LogP contribution in [0.3, 0.4) is 0 Å². The van der Waals surface area contributed by atoms with Crippen molar-refractivity contribution in [1.29, 1.82) is 0 Å². The van der Waals surface area contributed by atoms with E-state index >= 15 is 0 Å². The van der Waals surface area contributed by atoms with Crippen LogP contribution in [0.25, 0.3) is 10.8 Å². The fourth-order valence-electron chi connectivity index (χ4n) is 3.17. The molecular weight excluding hydrogens is 442 g/mol. The van der Waals surface area contributed by atoms with E-state index in [4.69, 9.17) is 4.74 Å². The molecule has 0 saturated carbocycles. The van der Waals surface area contributed by atoms with Gasteiger partial charge in [-0.2, -0.15) is 13.2 Å². The Morgan fingerprint density at radius 2 is 1.73 bits per heavy atom. The predicted octanol–water partition coefficient (Wildman–Crippen LogP) is 6.05. The first-order valence-corrected chi connectivity index (χ1v) is 10.0. The number of Topliss-reactive ketones (excluding diaryl/α,β-unsaturated/α-hetero) is 1. The minimum atomic E-state index is -4.57. The minimum Gasteiger partial charge on any atom is -0.487 e. The van der Waals surface area contributed by atoms with Crippen LogP contribution in [0, 0.1) is 11.2 Å². The fourth-order valence-corrected chi connectivity index (χ4v) is 3.17. The number of hydrogen-bond donors (Lipinski definition) is 1. The molecular formula is C24H21F4NO4. The predicted molar refractivity (Wildman–Crippen MR) is 112 cm³/mol. The SMILES string of the molecule is CC(C)(CCC(=O)c1cc(F)c2ccccc2c1OCc1ccc(C(F)(F)F)nc1)C(=O)O. The molecule has 0 aliphatic carbocycles. The van der Waals surface area contributed by atoms with Gasteiger partial charge < -0.3 is 9.84 Å². The Morgan fingerprint density at radius 1 is 1.06 bits per heavy atom. The molecule has 3 rings (SSSR count). The van der Waals surface area contributed by atoms with Crippen LogP contribution in [0.5, 0.6) is 5.75 Å². The summed E-state index contributed by atoms with van der Waals surface area (Å²) < 4.78 is 58.7. The lowest BCUT2D eigenvalue weighted by molar-refractivity contribution is -0.147. The maximum atomic E-state index is 14.7. The van der Waals surface area contributed by atoms with Crippen molar-refractivity contribution in [2.45, 2.75) is 39.5 Å². The zero-order valence-electron chi connectivity index (χ0n) is 17.9. The number of pyridine rings is 1. The number of carbonyl (C=O) groups is 2. The maximum absolute atomic E-state index is 14.7. The van der Waals surface area contributed by atoms with Gasteiger partial charge in [-0.15, -0.1) is 0 Å². The molecule has 3 aromatic rings. The number of hydrogen-bond acceptors (Lipinski definition) is 4. The van der Waals surface area contributed by atoms with Gasteiger partial charge in [0.2, 0.25) is 0 Å². The van der Waals surface area contributed by atoms with Crippen LogP contribution in [-0.4, -0.2) is 21.8 Å². The third-order valence-corrected chi connectivity index (χ3v) is 5.30. The van der Waals surface area contributed by atoms with E-state index in [0.29, 0.717) is 10.9 Å². The molecule has 0 aliphatic heterocycles. The molecule has 0 atom stereocenters. The van der Waals surface area contributed by atoms with E-state index in [1.165, 1.54) is 26.0 Å². The number of aliphatic carboxylic acids is 1. The summed E-state index contributed by atoms with van der Waals surface area (Å²) in [5.41, 5.74) is -1.94. The highest BCUT2D eigenvalue weighted by Gasteiger charge is 2.32. The van der Waals surface area contributed by atoms with Gasteiger partial charge >= 0.3 is 12.1 Å². The van der Waals surface area contributed by atoms with E-state index in [2.05, 4.69) is 4.98 Å². The van der Waals surface area contributed by atoms with Crippen LogP contribution in [-0.2, 0) is 17.6 Å². The smallest absolute Gasteiger partial charge is 0.433 e. The molecule has 0 amide bonds. The molecule has 9 heteroatoms. The van der Waals surface area contributed by atoms with E-state index < -0.39 is 34.9 Å². The number of ether oxygens (including phenoxy) is 1. The lowest BCUT2D eigenvalue weighted by Gasteiger charge is -2.19. The van der Waals surface area contributed by atoms with E-state index in [1.807, 2.05) is 0 Å². The molecule has 0 saturated heterocycles. The quantitative estimate of drug-likeness (QED) is 0.325. The molecule has 0 unspecified atom stereocenters. The van der Waals surface area contributed by atoms with Gasteiger partial charge in [0, 0.05) is 29.0 Å². The standard InChI is InChI=1S/C24H21F4NO4/c1-23(2,22(31)32)10-9-19(30)17-11-18(25)15-5-3-4-6-16(15)21(17)33-13-14-7-8-20(29-12-14)24(26,27)28/h3-8,11-12H,9-10,13H2,1-2H3,(H,31,32). The van der Waals surface area contributed by atoms with Gasteiger partial charge in [-0.3, -0.25) is 14.6 Å². The van der Waals surface area contributed by atoms with Gasteiger partial charge in [0.05, 0.1) is 11.0 Å². The summed E-state index contributed by atoms with van der Waals surface area (Å²) in [6.45, 7) is 2.76. The van der Waals surface area contributed by atoms with Gasteiger partial charge in [0.1, 0.15) is 23.9 Å². The lowest BCUT2D eigenvalue weighted by Crippen LogP contribution is -2.24. The van der Waals surface area contributed by atoms with Crippen LogP contribution in [0.2, 0.25) is 0 Å². The summed E-state index contributed by atoms with van der Waals surface area (Å²) in [5, 5.41) is 9.80. The number of benzene rings is 2. The Bertz CT molecular complexity index is 1190. The maximum Gasteiger partial charge on any atom is 0.433 e. The fraction of sp³-hybridized carbons (Fsp3) is 0.292. The number of carboxylic acids is 1. The highest BCUT2D eigenvalue weighted by Crippen LogP contribution is 2.35. The van der Waals surface area contributed by atoms with Crippen molar-refractivity contribution in [3.8, 4) is 5.75 Å². The van der Waals surface area contributed by atoms with Gasteiger partial charge in [0.15, 0.2) is 5.78 Å². The third kappa shape index (κ3) is 5.47. The molecule has 0 radical (unpaired) electrons. The molecule has 0 aliphatic rings. The zero-order chi connectivity index (χ0) is 24.4. The second kappa shape index (κ2) is 9.17. The number of alkyl halides is 3. The lowest BCUT2D eigenvalue weighted by atomic mass is 9.86. The number of carbonyl (C=O) groups excluding carboxylic acids is 1. The second-order valence-corrected chi connectivity index (χ2v) is 8.23. The van der Waals surface area contributed by atoms with Gasteiger partial charge in [-0.05, 0) is 32.4 Å². The summed E-state index contributed by atoms with van der Waals surface area (Å²) in [6.07, 6.45) is -3.69. The normalized spacial score (nSPS) is 12.1. The molecule has 0 bridgehead atoms. The highest BCUT2D eigenvalue weighted by atomic mass is 19.4. The Morgan fingerprint density at radius 3 is 2.30 bits per heavy atom. The van der Waals surface area contributed by atoms with Crippen molar-refractivity contribution in [1.82, 2.24) is 4.98 Å². The molecule has 1 heterocycles. The number of carboxylic acid groups (broad SMARTS) is 1. The van der Waals surface area contributed by atoms with Crippen molar-refractivity contribution in [2.75, 3.05) is 0 Å². The minimum absolute atomic E-state index is 0.0257. The zero-order valence-corrected chi connectivity index (χ0v) is 17.9. The van der Waals surface area contributed by atoms with Crippen molar-refractivity contribution < 1.29 is 37.0 Å². The Balaban J connectivity index is 1.93. The molecule has 174 valence electrons. The van der Waals surface area contributed by atoms with Crippen LogP contribution in [0.1, 0.15) is 48.3 Å². The first-order chi connectivity index (χ1) is 15.4. The first-order valence-electron chi connectivity index (χ1n) is 10.0. The Hall–Kier alpha value is -3.49. The van der Waals surface area contributed by atoms with Crippen LogP contribution < -0.4 is 4.74 Å². The monoisotopic (exact) mass is 463 g/mol. The molecule has 1 N–H and O–H groups in total. The van der Waals surface area contributed by atoms with Crippen LogP contribution in [0.4, 0.5) is 17.6 Å². The van der Waals surface area contributed by atoms with Crippen molar-refractivity contribution in [2.24, 2.45) is 5.41 Å². The summed E-state index contributed by atoms with van der Waals surface area (Å²) in [5.74, 6) is -2.14. The van der Waals surface area contributed by atoms with E-state index in [0.717, 1.165) is 18.3 Å². The van der Waals surface area contributed by atoms with E-state index in [1.54, 1.807) is 18.2 Å². The first kappa shape index (κ1) is 24.2. The van der Waals surface area contributed by atoms with E-state index in [9.17, 15) is 32.3 Å². The van der Waals surface area contributed by atoms with E-state index in [-0.39, 0.29) is 36.1 Å². The number of nitrogens with zero attached hydrogens (tertiary/aromatic N) is 1. The summed E-state index contributed by atoms with van der Waals surface area (Å²) in [6, 6.07) is 9.40. The van der Waals surface area contributed by atoms with Gasteiger partial charge in [-0.1, -0.05) is 30.3 Å². The number of ketones is 1. The van der Waals surface area contributed by atoms with Crippen molar-refractivity contribution >= 4 is 22.5 Å². The largest absolute Gasteiger partial charge is 0.487 e. The summed E-state index contributed by atoms with van der Waals surface area (Å²) in [4.78, 5) is 27.6. The van der Waals surface area contributed by atoms with Crippen LogP contribution in [0.15, 0.2) is 48.7 Å². The van der Waals surface area contributed by atoms with Crippen molar-refractivity contribution in [3.63, 3.8) is 0 Å². The Kier molecular flexibility index (Phi) is 6.71. The molecule has 1 aromatic heterocycles. The number of aromatic nitrogens is 1. The van der Waals surface area contributed by atoms with Gasteiger partial charge in [0.25, 0.3) is 0 Å². The molecule has 2 aromatic carbocycles. The number of rotatable bonds is 8. The summed E-state index contributed by atoms with van der Waals surface area (Å²) >= 11 is 0. The second-order valence-electron chi connectivity index (χ2n) is 8.23. The average molecular weight is 463 g/mol. The molecule has 0 spiro atoms. The van der Waals surface area contributed by atoms with Gasteiger partial charge in [-0.25, -0.2) is 4.39 Å². The van der Waals surface area contributed by atoms with Crippen molar-refractivity contribution in [3.05, 3.63) is 71.3 Å².